The van der Waals surface area contributed by atoms with Crippen LogP contribution in [0.4, 0.5) is 0 Å². The normalized spacial score (nSPS) is 14.5. The number of aryl methyl sites for hydroxylation is 2. The molecule has 0 aromatic heterocycles. The highest BCUT2D eigenvalue weighted by Crippen LogP contribution is 2.33. The first-order valence-corrected chi connectivity index (χ1v) is 7.30. The molecule has 0 saturated carbocycles. The Labute approximate surface area is 118 Å². The van der Waals surface area contributed by atoms with Crippen molar-refractivity contribution in [3.05, 3.63) is 28.8 Å². The van der Waals surface area contributed by atoms with E-state index in [0.29, 0.717) is 17.9 Å². The molecule has 0 saturated heterocycles. The van der Waals surface area contributed by atoms with Crippen LogP contribution >= 0.6 is 0 Å². The highest BCUT2D eigenvalue weighted by Gasteiger charge is 2.23. The Morgan fingerprint density at radius 3 is 2.21 bits per heavy atom. The van der Waals surface area contributed by atoms with Crippen molar-refractivity contribution in [1.82, 2.24) is 5.32 Å². The minimum absolute atomic E-state index is 0.412. The first kappa shape index (κ1) is 16.0. The number of rotatable bonds is 6. The SMILES string of the molecule is CCNC(c1cc(C)c(OC)cc1C)C(C)C(C)C. The highest BCUT2D eigenvalue weighted by atomic mass is 16.5. The van der Waals surface area contributed by atoms with Gasteiger partial charge < -0.3 is 10.1 Å². The molecule has 1 aromatic rings. The summed E-state index contributed by atoms with van der Waals surface area (Å²) in [6.45, 7) is 14.4. The summed E-state index contributed by atoms with van der Waals surface area (Å²) in [6.07, 6.45) is 0. The lowest BCUT2D eigenvalue weighted by molar-refractivity contribution is 0.306. The Morgan fingerprint density at radius 2 is 1.74 bits per heavy atom. The van der Waals surface area contributed by atoms with Crippen LogP contribution in [-0.4, -0.2) is 13.7 Å². The molecule has 1 rings (SSSR count). The van der Waals surface area contributed by atoms with E-state index < -0.39 is 0 Å². The van der Waals surface area contributed by atoms with Crippen molar-refractivity contribution in [2.24, 2.45) is 11.8 Å². The number of methoxy groups -OCH3 is 1. The minimum Gasteiger partial charge on any atom is -0.496 e. The number of ether oxygens (including phenoxy) is 1. The summed E-state index contributed by atoms with van der Waals surface area (Å²) >= 11 is 0. The van der Waals surface area contributed by atoms with E-state index in [1.54, 1.807) is 7.11 Å². The Kier molecular flexibility index (Phi) is 5.86. The molecule has 108 valence electrons. The maximum Gasteiger partial charge on any atom is 0.122 e. The van der Waals surface area contributed by atoms with Crippen LogP contribution in [0.3, 0.4) is 0 Å². The van der Waals surface area contributed by atoms with Crippen LogP contribution in [0.5, 0.6) is 5.75 Å². The summed E-state index contributed by atoms with van der Waals surface area (Å²) in [5.74, 6) is 2.24. The van der Waals surface area contributed by atoms with Crippen LogP contribution in [0.1, 0.15) is 50.4 Å². The Morgan fingerprint density at radius 1 is 1.11 bits per heavy atom. The predicted octanol–water partition coefficient (Wildman–Crippen LogP) is 4.25. The number of hydrogen-bond donors (Lipinski definition) is 1. The van der Waals surface area contributed by atoms with Crippen LogP contribution in [0, 0.1) is 25.7 Å². The summed E-state index contributed by atoms with van der Waals surface area (Å²) in [7, 11) is 1.74. The predicted molar refractivity (Wildman–Crippen MR) is 82.9 cm³/mol. The van der Waals surface area contributed by atoms with E-state index in [2.05, 4.69) is 59.0 Å². The highest BCUT2D eigenvalue weighted by molar-refractivity contribution is 5.43. The third-order valence-corrected chi connectivity index (χ3v) is 4.12. The molecule has 0 fully saturated rings. The van der Waals surface area contributed by atoms with Gasteiger partial charge in [0.15, 0.2) is 0 Å². The average Bonchev–Trinajstić information content (AvgIpc) is 2.37. The van der Waals surface area contributed by atoms with E-state index in [9.17, 15) is 0 Å². The van der Waals surface area contributed by atoms with E-state index >= 15 is 0 Å². The van der Waals surface area contributed by atoms with Crippen molar-refractivity contribution < 1.29 is 4.74 Å². The summed E-state index contributed by atoms with van der Waals surface area (Å²) in [4.78, 5) is 0. The summed E-state index contributed by atoms with van der Waals surface area (Å²) in [5.41, 5.74) is 3.92. The quantitative estimate of drug-likeness (QED) is 0.828. The van der Waals surface area contributed by atoms with Crippen LogP contribution in [0.25, 0.3) is 0 Å². The molecule has 0 heterocycles. The first-order chi connectivity index (χ1) is 8.92. The van der Waals surface area contributed by atoms with E-state index in [1.165, 1.54) is 16.7 Å². The van der Waals surface area contributed by atoms with Crippen LogP contribution in [0.2, 0.25) is 0 Å². The lowest BCUT2D eigenvalue weighted by atomic mass is 9.83. The van der Waals surface area contributed by atoms with E-state index in [1.807, 2.05) is 0 Å². The fourth-order valence-corrected chi connectivity index (χ4v) is 2.55. The van der Waals surface area contributed by atoms with Gasteiger partial charge >= 0.3 is 0 Å². The average molecular weight is 263 g/mol. The van der Waals surface area contributed by atoms with Crippen molar-refractivity contribution in [3.8, 4) is 5.75 Å². The van der Waals surface area contributed by atoms with Gasteiger partial charge in [-0.25, -0.2) is 0 Å². The smallest absolute Gasteiger partial charge is 0.122 e. The van der Waals surface area contributed by atoms with Gasteiger partial charge in [0.1, 0.15) is 5.75 Å². The van der Waals surface area contributed by atoms with E-state index in [0.717, 1.165) is 12.3 Å². The molecule has 0 aliphatic heterocycles. The summed E-state index contributed by atoms with van der Waals surface area (Å²) in [6, 6.07) is 4.84. The summed E-state index contributed by atoms with van der Waals surface area (Å²) in [5, 5.41) is 3.64. The first-order valence-electron chi connectivity index (χ1n) is 7.30. The number of nitrogens with one attached hydrogen (secondary N) is 1. The Balaban J connectivity index is 3.19. The molecule has 2 unspecified atom stereocenters. The van der Waals surface area contributed by atoms with Gasteiger partial charge in [0.2, 0.25) is 0 Å². The molecular weight excluding hydrogens is 234 g/mol. The van der Waals surface area contributed by atoms with Gasteiger partial charge in [0.25, 0.3) is 0 Å². The van der Waals surface area contributed by atoms with Gasteiger partial charge in [-0.2, -0.15) is 0 Å². The largest absolute Gasteiger partial charge is 0.496 e. The second-order valence-corrected chi connectivity index (χ2v) is 5.82. The zero-order chi connectivity index (χ0) is 14.6. The van der Waals surface area contributed by atoms with Crippen molar-refractivity contribution in [2.75, 3.05) is 13.7 Å². The molecular formula is C17H29NO. The molecule has 0 spiro atoms. The lowest BCUT2D eigenvalue weighted by Gasteiger charge is -2.30. The zero-order valence-corrected chi connectivity index (χ0v) is 13.5. The molecule has 0 amide bonds. The molecule has 0 bridgehead atoms. The van der Waals surface area contributed by atoms with Crippen LogP contribution < -0.4 is 10.1 Å². The molecule has 19 heavy (non-hydrogen) atoms. The Hall–Kier alpha value is -1.02. The van der Waals surface area contributed by atoms with Crippen molar-refractivity contribution in [1.29, 1.82) is 0 Å². The lowest BCUT2D eigenvalue weighted by Crippen LogP contribution is -2.30. The van der Waals surface area contributed by atoms with E-state index in [4.69, 9.17) is 4.74 Å². The standard InChI is InChI=1S/C17H29NO/c1-8-18-17(14(6)11(2)3)15-9-13(5)16(19-7)10-12(15)4/h9-11,14,17-18H,8H2,1-7H3. The van der Waals surface area contributed by atoms with Crippen molar-refractivity contribution in [3.63, 3.8) is 0 Å². The Bertz CT molecular complexity index is 412. The van der Waals surface area contributed by atoms with Crippen LogP contribution in [0.15, 0.2) is 12.1 Å². The molecule has 1 aromatic carbocycles. The number of benzene rings is 1. The molecule has 0 aliphatic rings. The second kappa shape index (κ2) is 6.95. The van der Waals surface area contributed by atoms with Crippen molar-refractivity contribution >= 4 is 0 Å². The van der Waals surface area contributed by atoms with Crippen LogP contribution in [-0.2, 0) is 0 Å². The van der Waals surface area contributed by atoms with Gasteiger partial charge in [-0.05, 0) is 55.0 Å². The third kappa shape index (κ3) is 3.73. The summed E-state index contributed by atoms with van der Waals surface area (Å²) < 4.78 is 5.41. The van der Waals surface area contributed by atoms with E-state index in [-0.39, 0.29) is 0 Å². The molecule has 0 aliphatic carbocycles. The molecule has 2 nitrogen and oxygen atoms in total. The minimum atomic E-state index is 0.412. The van der Waals surface area contributed by atoms with Crippen molar-refractivity contribution in [2.45, 2.75) is 47.6 Å². The fourth-order valence-electron chi connectivity index (χ4n) is 2.55. The fraction of sp³-hybridized carbons (Fsp3) is 0.647. The van der Waals surface area contributed by atoms with Gasteiger partial charge in [-0.1, -0.05) is 33.8 Å². The maximum atomic E-state index is 5.41. The number of hydrogen-bond acceptors (Lipinski definition) is 2. The van der Waals surface area contributed by atoms with Gasteiger partial charge in [0, 0.05) is 6.04 Å². The maximum absolute atomic E-state index is 5.41. The van der Waals surface area contributed by atoms with Gasteiger partial charge in [-0.3, -0.25) is 0 Å². The second-order valence-electron chi connectivity index (χ2n) is 5.82. The monoisotopic (exact) mass is 263 g/mol. The third-order valence-electron chi connectivity index (χ3n) is 4.12. The molecule has 2 heteroatoms. The van der Waals surface area contributed by atoms with Gasteiger partial charge in [0.05, 0.1) is 7.11 Å². The molecule has 0 radical (unpaired) electrons. The molecule has 2 atom stereocenters. The van der Waals surface area contributed by atoms with Gasteiger partial charge in [-0.15, -0.1) is 0 Å². The molecule has 1 N–H and O–H groups in total. The zero-order valence-electron chi connectivity index (χ0n) is 13.5. The topological polar surface area (TPSA) is 21.3 Å².